The minimum absolute atomic E-state index is 0.209. The molecular weight excluding hydrogens is 326 g/mol. The average molecular weight is 358 g/mol. The number of nitrogens with one attached hydrogen (secondary N) is 2. The van der Waals surface area contributed by atoms with Crippen molar-refractivity contribution in [3.05, 3.63) is 54.4 Å². The smallest absolute Gasteiger partial charge is 0.191 e. The molecule has 142 valence electrons. The topological polar surface area (TPSA) is 53.8 Å². The third-order valence-corrected chi connectivity index (χ3v) is 4.22. The van der Waals surface area contributed by atoms with Crippen molar-refractivity contribution in [2.75, 3.05) is 40.8 Å². The van der Waals surface area contributed by atoms with E-state index in [4.69, 9.17) is 9.73 Å². The molecule has 0 fully saturated rings. The minimum atomic E-state index is 0.209. The van der Waals surface area contributed by atoms with Gasteiger partial charge in [0.25, 0.3) is 0 Å². The Morgan fingerprint density at radius 1 is 1.15 bits per heavy atom. The van der Waals surface area contributed by atoms with Gasteiger partial charge in [-0.15, -0.1) is 0 Å². The number of benzene rings is 1. The van der Waals surface area contributed by atoms with Crippen LogP contribution in [0, 0.1) is 0 Å². The summed E-state index contributed by atoms with van der Waals surface area (Å²) in [4.78, 5) is 6.97. The second-order valence-electron chi connectivity index (χ2n) is 6.32. The van der Waals surface area contributed by atoms with Gasteiger partial charge in [-0.1, -0.05) is 12.1 Å². The summed E-state index contributed by atoms with van der Waals surface area (Å²) in [6.07, 6.45) is 4.13. The molecule has 0 radical (unpaired) electrons. The van der Waals surface area contributed by atoms with Gasteiger partial charge in [-0.3, -0.25) is 4.99 Å². The van der Waals surface area contributed by atoms with E-state index in [0.717, 1.165) is 31.3 Å². The van der Waals surface area contributed by atoms with Crippen molar-refractivity contribution in [3.63, 3.8) is 0 Å². The van der Waals surface area contributed by atoms with Gasteiger partial charge >= 0.3 is 0 Å². The molecule has 0 spiro atoms. The quantitative estimate of drug-likeness (QED) is 0.534. The Hall–Kier alpha value is -2.47. The lowest BCUT2D eigenvalue weighted by Gasteiger charge is -2.24. The zero-order valence-corrected chi connectivity index (χ0v) is 16.3. The molecule has 0 saturated carbocycles. The second-order valence-corrected chi connectivity index (χ2v) is 6.32. The summed E-state index contributed by atoms with van der Waals surface area (Å²) in [6.45, 7) is 5.33. The molecule has 0 saturated heterocycles. The monoisotopic (exact) mass is 357 g/mol. The molecule has 0 aliphatic rings. The molecule has 6 heteroatoms. The standard InChI is InChI=1S/C20H31N5O/c1-5-21-20(22-12-15-25-13-6-7-14-25)23-16-19(24(2)3)17-8-10-18(26-4)11-9-17/h6-11,13-14,19H,5,12,15-16H2,1-4H3,(H2,21,22,23). The van der Waals surface area contributed by atoms with E-state index in [1.165, 1.54) is 5.56 Å². The third-order valence-electron chi connectivity index (χ3n) is 4.22. The van der Waals surface area contributed by atoms with Gasteiger partial charge in [0.15, 0.2) is 5.96 Å². The summed E-state index contributed by atoms with van der Waals surface area (Å²) >= 11 is 0. The highest BCUT2D eigenvalue weighted by molar-refractivity contribution is 5.79. The van der Waals surface area contributed by atoms with Crippen molar-refractivity contribution in [1.82, 2.24) is 20.1 Å². The van der Waals surface area contributed by atoms with E-state index < -0.39 is 0 Å². The van der Waals surface area contributed by atoms with Gasteiger partial charge in [0.05, 0.1) is 19.7 Å². The molecule has 0 aliphatic heterocycles. The van der Waals surface area contributed by atoms with E-state index in [1.54, 1.807) is 7.11 Å². The zero-order valence-electron chi connectivity index (χ0n) is 16.3. The van der Waals surface area contributed by atoms with Crippen LogP contribution in [-0.4, -0.2) is 56.3 Å². The van der Waals surface area contributed by atoms with E-state index in [-0.39, 0.29) is 6.04 Å². The minimum Gasteiger partial charge on any atom is -0.497 e. The summed E-state index contributed by atoms with van der Waals surface area (Å²) in [6, 6.07) is 12.5. The van der Waals surface area contributed by atoms with Crippen molar-refractivity contribution < 1.29 is 4.74 Å². The number of hydrogen-bond donors (Lipinski definition) is 2. The zero-order chi connectivity index (χ0) is 18.8. The Kier molecular flexibility index (Phi) is 8.02. The Labute approximate surface area is 156 Å². The molecule has 1 heterocycles. The Morgan fingerprint density at radius 3 is 2.42 bits per heavy atom. The summed E-state index contributed by atoms with van der Waals surface area (Å²) in [7, 11) is 5.85. The third kappa shape index (κ3) is 6.11. The molecule has 0 aliphatic carbocycles. The molecular formula is C20H31N5O. The summed E-state index contributed by atoms with van der Waals surface area (Å²) in [5.74, 6) is 1.72. The molecule has 1 unspecified atom stereocenters. The summed E-state index contributed by atoms with van der Waals surface area (Å²) in [5.41, 5.74) is 1.22. The highest BCUT2D eigenvalue weighted by Gasteiger charge is 2.14. The van der Waals surface area contributed by atoms with Crippen LogP contribution in [0.1, 0.15) is 18.5 Å². The van der Waals surface area contributed by atoms with Crippen LogP contribution in [0.15, 0.2) is 53.8 Å². The van der Waals surface area contributed by atoms with Crippen LogP contribution in [0.4, 0.5) is 0 Å². The number of methoxy groups -OCH3 is 1. The predicted octanol–water partition coefficient (Wildman–Crippen LogP) is 2.35. The first-order valence-electron chi connectivity index (χ1n) is 9.07. The van der Waals surface area contributed by atoms with Gasteiger partial charge in [-0.05, 0) is 50.8 Å². The van der Waals surface area contributed by atoms with E-state index in [1.807, 2.05) is 24.3 Å². The number of aromatic nitrogens is 1. The molecule has 6 nitrogen and oxygen atoms in total. The maximum absolute atomic E-state index is 5.25. The first kappa shape index (κ1) is 19.8. The molecule has 0 amide bonds. The molecule has 0 bridgehead atoms. The Bertz CT molecular complexity index is 649. The second kappa shape index (κ2) is 10.5. The van der Waals surface area contributed by atoms with E-state index in [0.29, 0.717) is 6.54 Å². The van der Waals surface area contributed by atoms with Crippen LogP contribution in [-0.2, 0) is 6.54 Å². The maximum Gasteiger partial charge on any atom is 0.191 e. The van der Waals surface area contributed by atoms with Crippen LogP contribution in [0.5, 0.6) is 5.75 Å². The Morgan fingerprint density at radius 2 is 1.85 bits per heavy atom. The van der Waals surface area contributed by atoms with Crippen molar-refractivity contribution in [2.24, 2.45) is 4.99 Å². The number of aliphatic imine (C=N–C) groups is 1. The lowest BCUT2D eigenvalue weighted by Crippen LogP contribution is -2.39. The lowest BCUT2D eigenvalue weighted by atomic mass is 10.1. The van der Waals surface area contributed by atoms with E-state index in [9.17, 15) is 0 Å². The largest absolute Gasteiger partial charge is 0.497 e. The van der Waals surface area contributed by atoms with Crippen LogP contribution < -0.4 is 15.4 Å². The van der Waals surface area contributed by atoms with Crippen LogP contribution in [0.3, 0.4) is 0 Å². The van der Waals surface area contributed by atoms with Crippen LogP contribution in [0.2, 0.25) is 0 Å². The van der Waals surface area contributed by atoms with Crippen molar-refractivity contribution in [1.29, 1.82) is 0 Å². The van der Waals surface area contributed by atoms with Gasteiger partial charge in [0.2, 0.25) is 0 Å². The highest BCUT2D eigenvalue weighted by Crippen LogP contribution is 2.21. The molecule has 1 aromatic carbocycles. The molecule has 2 aromatic rings. The predicted molar refractivity (Wildman–Crippen MR) is 108 cm³/mol. The fourth-order valence-corrected chi connectivity index (χ4v) is 2.74. The molecule has 1 atom stereocenters. The first-order chi connectivity index (χ1) is 12.6. The highest BCUT2D eigenvalue weighted by atomic mass is 16.5. The first-order valence-corrected chi connectivity index (χ1v) is 9.07. The number of guanidine groups is 1. The lowest BCUT2D eigenvalue weighted by molar-refractivity contribution is 0.306. The summed E-state index contributed by atoms with van der Waals surface area (Å²) < 4.78 is 7.40. The van der Waals surface area contributed by atoms with Gasteiger partial charge in [0, 0.05) is 32.0 Å². The molecule has 2 rings (SSSR count). The van der Waals surface area contributed by atoms with E-state index >= 15 is 0 Å². The Balaban J connectivity index is 1.98. The normalized spacial score (nSPS) is 12.9. The van der Waals surface area contributed by atoms with Gasteiger partial charge in [-0.25, -0.2) is 0 Å². The molecule has 1 aromatic heterocycles. The number of likely N-dealkylation sites (N-methyl/N-ethyl adjacent to an activating group) is 1. The fourth-order valence-electron chi connectivity index (χ4n) is 2.74. The van der Waals surface area contributed by atoms with Gasteiger partial charge in [-0.2, -0.15) is 0 Å². The molecule has 2 N–H and O–H groups in total. The number of ether oxygens (including phenoxy) is 1. The molecule has 26 heavy (non-hydrogen) atoms. The van der Waals surface area contributed by atoms with Crippen molar-refractivity contribution in [2.45, 2.75) is 19.5 Å². The SMILES string of the molecule is CCNC(=NCC(c1ccc(OC)cc1)N(C)C)NCCn1cccc1. The number of nitrogens with zero attached hydrogens (tertiary/aromatic N) is 3. The van der Waals surface area contributed by atoms with Gasteiger partial charge in [0.1, 0.15) is 5.75 Å². The van der Waals surface area contributed by atoms with Crippen molar-refractivity contribution in [3.8, 4) is 5.75 Å². The van der Waals surface area contributed by atoms with Crippen LogP contribution >= 0.6 is 0 Å². The fraction of sp³-hybridized carbons (Fsp3) is 0.450. The van der Waals surface area contributed by atoms with Gasteiger partial charge < -0.3 is 24.8 Å². The summed E-state index contributed by atoms with van der Waals surface area (Å²) in [5, 5.41) is 6.72. The van der Waals surface area contributed by atoms with Crippen molar-refractivity contribution >= 4 is 5.96 Å². The number of hydrogen-bond acceptors (Lipinski definition) is 3. The average Bonchev–Trinajstić information content (AvgIpc) is 3.15. The van der Waals surface area contributed by atoms with Crippen LogP contribution in [0.25, 0.3) is 0 Å². The number of rotatable bonds is 9. The maximum atomic E-state index is 5.25. The van der Waals surface area contributed by atoms with E-state index in [2.05, 4.69) is 65.6 Å².